The summed E-state index contributed by atoms with van der Waals surface area (Å²) in [6.45, 7) is 12.2. The number of hydrogen-bond acceptors (Lipinski definition) is 6. The van der Waals surface area contributed by atoms with Gasteiger partial charge in [-0.2, -0.15) is 0 Å². The molecule has 5 atom stereocenters. The van der Waals surface area contributed by atoms with E-state index in [1.54, 1.807) is 6.92 Å². The smallest absolute Gasteiger partial charge is 0.261 e. The Morgan fingerprint density at radius 2 is 1.37 bits per heavy atom. The van der Waals surface area contributed by atoms with Gasteiger partial charge in [0.05, 0.1) is 12.7 Å². The molecule has 2 aliphatic heterocycles. The second-order valence-corrected chi connectivity index (χ2v) is 17.5. The van der Waals surface area contributed by atoms with Crippen molar-refractivity contribution in [1.82, 2.24) is 0 Å². The average molecular weight is 599 g/mol. The molecule has 0 aliphatic carbocycles. The van der Waals surface area contributed by atoms with E-state index in [2.05, 4.69) is 81.4 Å². The summed E-state index contributed by atoms with van der Waals surface area (Å²) in [5, 5.41) is 15.8. The summed E-state index contributed by atoms with van der Waals surface area (Å²) in [7, 11) is -2.96. The van der Waals surface area contributed by atoms with Crippen molar-refractivity contribution in [3.63, 3.8) is 0 Å². The summed E-state index contributed by atoms with van der Waals surface area (Å²) in [4.78, 5) is 0. The fourth-order valence-corrected chi connectivity index (χ4v) is 11.3. The third kappa shape index (κ3) is 5.33. The van der Waals surface area contributed by atoms with Gasteiger partial charge in [-0.3, -0.25) is 0 Å². The van der Waals surface area contributed by atoms with Gasteiger partial charge in [0.15, 0.2) is 29.9 Å². The van der Waals surface area contributed by atoms with Crippen LogP contribution >= 0.6 is 0 Å². The third-order valence-corrected chi connectivity index (χ3v) is 13.8. The first-order valence-electron chi connectivity index (χ1n) is 15.1. The lowest BCUT2D eigenvalue weighted by atomic mass is 9.90. The van der Waals surface area contributed by atoms with Crippen molar-refractivity contribution in [2.24, 2.45) is 0 Å². The Labute approximate surface area is 255 Å². The largest absolute Gasteiger partial charge is 0.484 e. The molecule has 4 aromatic carbocycles. The summed E-state index contributed by atoms with van der Waals surface area (Å²) in [6.07, 6.45) is -2.97. The summed E-state index contributed by atoms with van der Waals surface area (Å²) in [6, 6.07) is 35.1. The zero-order valence-electron chi connectivity index (χ0n) is 25.8. The first-order chi connectivity index (χ1) is 20.5. The van der Waals surface area contributed by atoms with Crippen LogP contribution in [-0.4, -0.2) is 56.0 Å². The standard InChI is InChI=1S/C36H42O6Si/c1-25(37)36(24-38-43(34(2,3)4,29-17-9-7-10-18-29)30-19-11-8-12-20-30)32(31-33(42-36)41-35(5,6)40-31)39-28-22-21-26-15-13-14-16-27(26)23-28/h7-23,25,31-33,37H,24H2,1-6H3/t25-,31-,32+,33+,36-/m1/s1. The van der Waals surface area contributed by atoms with Crippen LogP contribution in [0.1, 0.15) is 41.5 Å². The predicted molar refractivity (Wildman–Crippen MR) is 171 cm³/mol. The van der Waals surface area contributed by atoms with Crippen LogP contribution in [0, 0.1) is 0 Å². The summed E-state index contributed by atoms with van der Waals surface area (Å²) < 4.78 is 33.4. The van der Waals surface area contributed by atoms with Crippen molar-refractivity contribution < 1.29 is 28.5 Å². The zero-order chi connectivity index (χ0) is 30.5. The van der Waals surface area contributed by atoms with Crippen LogP contribution in [0.5, 0.6) is 5.75 Å². The Balaban J connectivity index is 1.44. The highest BCUT2D eigenvalue weighted by Crippen LogP contribution is 2.47. The Morgan fingerprint density at radius 1 is 0.791 bits per heavy atom. The monoisotopic (exact) mass is 598 g/mol. The molecule has 0 radical (unpaired) electrons. The van der Waals surface area contributed by atoms with Crippen LogP contribution < -0.4 is 15.1 Å². The molecule has 1 N–H and O–H groups in total. The Morgan fingerprint density at radius 3 is 1.95 bits per heavy atom. The van der Waals surface area contributed by atoms with Crippen LogP contribution in [-0.2, 0) is 18.6 Å². The number of fused-ring (bicyclic) bond motifs is 2. The molecule has 0 aromatic heterocycles. The Bertz CT molecular complexity index is 1510. The lowest BCUT2D eigenvalue weighted by molar-refractivity contribution is -0.260. The number of rotatable bonds is 8. The number of aliphatic hydroxyl groups is 1. The maximum Gasteiger partial charge on any atom is 0.261 e. The van der Waals surface area contributed by atoms with E-state index in [9.17, 15) is 5.11 Å². The molecule has 0 saturated carbocycles. The normalized spacial score (nSPS) is 25.9. The molecule has 4 aromatic rings. The highest BCUT2D eigenvalue weighted by Gasteiger charge is 2.66. The molecule has 43 heavy (non-hydrogen) atoms. The topological polar surface area (TPSA) is 66.4 Å². The molecule has 6 nitrogen and oxygen atoms in total. The number of benzene rings is 4. The fourth-order valence-electron chi connectivity index (χ4n) is 6.72. The van der Waals surface area contributed by atoms with E-state index >= 15 is 0 Å². The molecule has 0 amide bonds. The molecule has 2 fully saturated rings. The third-order valence-electron chi connectivity index (χ3n) is 8.83. The van der Waals surface area contributed by atoms with Gasteiger partial charge >= 0.3 is 0 Å². The average Bonchev–Trinajstić information content (AvgIpc) is 3.43. The van der Waals surface area contributed by atoms with Gasteiger partial charge in [-0.05, 0) is 59.1 Å². The van der Waals surface area contributed by atoms with E-state index in [4.69, 9.17) is 23.4 Å². The zero-order valence-corrected chi connectivity index (χ0v) is 26.8. The molecule has 6 rings (SSSR count). The molecular formula is C36H42O6Si. The van der Waals surface area contributed by atoms with E-state index in [0.29, 0.717) is 5.75 Å². The number of ether oxygens (including phenoxy) is 4. The van der Waals surface area contributed by atoms with Gasteiger partial charge in [-0.15, -0.1) is 0 Å². The van der Waals surface area contributed by atoms with Gasteiger partial charge in [0.1, 0.15) is 5.75 Å². The van der Waals surface area contributed by atoms with Gasteiger partial charge in [0.25, 0.3) is 8.32 Å². The van der Waals surface area contributed by atoms with Crippen LogP contribution in [0.25, 0.3) is 10.8 Å². The van der Waals surface area contributed by atoms with Crippen LogP contribution in [0.4, 0.5) is 0 Å². The van der Waals surface area contributed by atoms with E-state index < -0.39 is 44.3 Å². The van der Waals surface area contributed by atoms with Gasteiger partial charge in [-0.1, -0.05) is 112 Å². The maximum absolute atomic E-state index is 11.6. The van der Waals surface area contributed by atoms with Crippen molar-refractivity contribution in [1.29, 1.82) is 0 Å². The highest BCUT2D eigenvalue weighted by molar-refractivity contribution is 6.99. The van der Waals surface area contributed by atoms with Gasteiger partial charge < -0.3 is 28.5 Å². The molecule has 0 spiro atoms. The molecule has 0 unspecified atom stereocenters. The first-order valence-corrected chi connectivity index (χ1v) is 17.0. The fraction of sp³-hybridized carbons (Fsp3) is 0.389. The van der Waals surface area contributed by atoms with Crippen molar-refractivity contribution >= 4 is 29.5 Å². The summed E-state index contributed by atoms with van der Waals surface area (Å²) in [5.74, 6) is -0.193. The van der Waals surface area contributed by atoms with E-state index in [0.717, 1.165) is 21.1 Å². The minimum Gasteiger partial charge on any atom is -0.484 e. The van der Waals surface area contributed by atoms with Crippen molar-refractivity contribution in [2.75, 3.05) is 6.61 Å². The SMILES string of the molecule is C[C@@H](O)[C@@]1(CO[Si](c2ccccc2)(c2ccccc2)C(C)(C)C)O[C@@H]2OC(C)(C)O[C@@H]2[C@@H]1Oc1ccc2ccccc2c1. The second kappa shape index (κ2) is 11.1. The lowest BCUT2D eigenvalue weighted by Gasteiger charge is -2.46. The number of hydrogen-bond donors (Lipinski definition) is 1. The predicted octanol–water partition coefficient (Wildman–Crippen LogP) is 5.79. The quantitative estimate of drug-likeness (QED) is 0.259. The van der Waals surface area contributed by atoms with Crippen molar-refractivity contribution in [3.8, 4) is 5.75 Å². The minimum absolute atomic E-state index is 0.0797. The lowest BCUT2D eigenvalue weighted by Crippen LogP contribution is -2.69. The summed E-state index contributed by atoms with van der Waals surface area (Å²) >= 11 is 0. The van der Waals surface area contributed by atoms with Crippen LogP contribution in [0.2, 0.25) is 5.04 Å². The first kappa shape index (κ1) is 30.0. The Hall–Kier alpha value is -3.04. The molecule has 2 saturated heterocycles. The molecule has 2 aliphatic rings. The molecule has 0 bridgehead atoms. The van der Waals surface area contributed by atoms with Crippen molar-refractivity contribution in [2.45, 2.75) is 82.6 Å². The molecular weight excluding hydrogens is 556 g/mol. The second-order valence-electron chi connectivity index (χ2n) is 13.2. The highest BCUT2D eigenvalue weighted by atomic mass is 28.4. The summed E-state index contributed by atoms with van der Waals surface area (Å²) in [5.41, 5.74) is -1.27. The van der Waals surface area contributed by atoms with Gasteiger partial charge in [0, 0.05) is 0 Å². The van der Waals surface area contributed by atoms with E-state index in [-0.39, 0.29) is 11.6 Å². The maximum atomic E-state index is 11.6. The Kier molecular flexibility index (Phi) is 7.78. The van der Waals surface area contributed by atoms with Crippen LogP contribution in [0.3, 0.4) is 0 Å². The number of aliphatic hydroxyl groups excluding tert-OH is 1. The molecule has 7 heteroatoms. The van der Waals surface area contributed by atoms with Gasteiger partial charge in [-0.25, -0.2) is 0 Å². The van der Waals surface area contributed by atoms with Gasteiger partial charge in [0.2, 0.25) is 0 Å². The van der Waals surface area contributed by atoms with Crippen molar-refractivity contribution in [3.05, 3.63) is 103 Å². The molecule has 226 valence electrons. The minimum atomic E-state index is -2.96. The van der Waals surface area contributed by atoms with E-state index in [1.807, 2.05) is 56.3 Å². The van der Waals surface area contributed by atoms with Crippen LogP contribution in [0.15, 0.2) is 103 Å². The molecule has 2 heterocycles. The van der Waals surface area contributed by atoms with E-state index in [1.165, 1.54) is 0 Å².